The topological polar surface area (TPSA) is 76.4 Å². The van der Waals surface area contributed by atoms with Crippen molar-refractivity contribution in [3.63, 3.8) is 0 Å². The second-order valence-electron chi connectivity index (χ2n) is 4.52. The van der Waals surface area contributed by atoms with Gasteiger partial charge in [0.25, 0.3) is 0 Å². The normalized spacial score (nSPS) is 23.2. The first-order valence-corrected chi connectivity index (χ1v) is 6.26. The summed E-state index contributed by atoms with van der Waals surface area (Å²) in [6.45, 7) is 5.80. The molecule has 1 aliphatic rings. The Morgan fingerprint density at radius 3 is 3.06 bits per heavy atom. The largest absolute Gasteiger partial charge is 0.379 e. The van der Waals surface area contributed by atoms with Crippen LogP contribution in [0.25, 0.3) is 0 Å². The van der Waals surface area contributed by atoms with Crippen molar-refractivity contribution in [3.8, 4) is 0 Å². The SMILES string of the molecule is CCCNC1COCC1C(=O)Nc1cc(C)on1. The summed E-state index contributed by atoms with van der Waals surface area (Å²) in [7, 11) is 0. The van der Waals surface area contributed by atoms with Gasteiger partial charge in [-0.1, -0.05) is 12.1 Å². The highest BCUT2D eigenvalue weighted by Crippen LogP contribution is 2.17. The molecule has 2 N–H and O–H groups in total. The quantitative estimate of drug-likeness (QED) is 0.816. The second kappa shape index (κ2) is 5.97. The number of nitrogens with zero attached hydrogens (tertiary/aromatic N) is 1. The first-order valence-electron chi connectivity index (χ1n) is 6.26. The van der Waals surface area contributed by atoms with Gasteiger partial charge in [-0.3, -0.25) is 4.79 Å². The standard InChI is InChI=1S/C12H19N3O3/c1-3-4-13-10-7-17-6-9(10)12(16)14-11-5-8(2)18-15-11/h5,9-10,13H,3-4,6-7H2,1-2H3,(H,14,15,16). The number of ether oxygens (including phenoxy) is 1. The number of carbonyl (C=O) groups is 1. The zero-order valence-corrected chi connectivity index (χ0v) is 10.7. The van der Waals surface area contributed by atoms with Gasteiger partial charge >= 0.3 is 0 Å². The van der Waals surface area contributed by atoms with Crippen molar-refractivity contribution in [1.29, 1.82) is 0 Å². The summed E-state index contributed by atoms with van der Waals surface area (Å²) in [5.41, 5.74) is 0. The molecule has 1 aromatic heterocycles. The van der Waals surface area contributed by atoms with Crippen molar-refractivity contribution in [2.45, 2.75) is 26.3 Å². The Balaban J connectivity index is 1.91. The maximum atomic E-state index is 12.1. The van der Waals surface area contributed by atoms with Gasteiger partial charge < -0.3 is 19.9 Å². The Hall–Kier alpha value is -1.40. The van der Waals surface area contributed by atoms with E-state index in [-0.39, 0.29) is 17.9 Å². The summed E-state index contributed by atoms with van der Waals surface area (Å²) in [6, 6.07) is 1.78. The third-order valence-corrected chi connectivity index (χ3v) is 2.95. The maximum absolute atomic E-state index is 12.1. The molecule has 0 radical (unpaired) electrons. The van der Waals surface area contributed by atoms with Gasteiger partial charge in [-0.2, -0.15) is 0 Å². The zero-order valence-electron chi connectivity index (χ0n) is 10.7. The van der Waals surface area contributed by atoms with Crippen molar-refractivity contribution >= 4 is 11.7 Å². The monoisotopic (exact) mass is 253 g/mol. The van der Waals surface area contributed by atoms with Crippen LogP contribution < -0.4 is 10.6 Å². The molecule has 1 amide bonds. The number of rotatable bonds is 5. The molecule has 2 rings (SSSR count). The molecular weight excluding hydrogens is 234 g/mol. The number of hydrogen-bond donors (Lipinski definition) is 2. The number of anilines is 1. The minimum absolute atomic E-state index is 0.0746. The van der Waals surface area contributed by atoms with Crippen LogP contribution in [0, 0.1) is 12.8 Å². The molecule has 0 aromatic carbocycles. The summed E-state index contributed by atoms with van der Waals surface area (Å²) in [5.74, 6) is 0.884. The molecule has 0 bridgehead atoms. The number of carbonyl (C=O) groups excluding carboxylic acids is 1. The summed E-state index contributed by atoms with van der Waals surface area (Å²) in [5, 5.41) is 9.82. The second-order valence-corrected chi connectivity index (χ2v) is 4.52. The molecule has 2 heterocycles. The fourth-order valence-electron chi connectivity index (χ4n) is 1.99. The van der Waals surface area contributed by atoms with Crippen molar-refractivity contribution in [2.75, 3.05) is 25.1 Å². The Kier molecular flexibility index (Phi) is 4.33. The summed E-state index contributed by atoms with van der Waals surface area (Å²) >= 11 is 0. The minimum Gasteiger partial charge on any atom is -0.379 e. The van der Waals surface area contributed by atoms with Gasteiger partial charge in [0.2, 0.25) is 5.91 Å². The van der Waals surface area contributed by atoms with Crippen LogP contribution in [-0.2, 0) is 9.53 Å². The van der Waals surface area contributed by atoms with Gasteiger partial charge in [-0.15, -0.1) is 0 Å². The van der Waals surface area contributed by atoms with E-state index in [4.69, 9.17) is 9.26 Å². The van der Waals surface area contributed by atoms with Crippen molar-refractivity contribution in [1.82, 2.24) is 10.5 Å². The van der Waals surface area contributed by atoms with Crippen molar-refractivity contribution < 1.29 is 14.1 Å². The lowest BCUT2D eigenvalue weighted by Gasteiger charge is -2.17. The predicted molar refractivity (Wildman–Crippen MR) is 66.3 cm³/mol. The van der Waals surface area contributed by atoms with E-state index in [0.717, 1.165) is 13.0 Å². The lowest BCUT2D eigenvalue weighted by Crippen LogP contribution is -2.41. The minimum atomic E-state index is -0.173. The van der Waals surface area contributed by atoms with E-state index < -0.39 is 0 Å². The van der Waals surface area contributed by atoms with E-state index in [1.165, 1.54) is 0 Å². The zero-order chi connectivity index (χ0) is 13.0. The Morgan fingerprint density at radius 1 is 1.56 bits per heavy atom. The highest BCUT2D eigenvalue weighted by atomic mass is 16.5. The summed E-state index contributed by atoms with van der Waals surface area (Å²) in [4.78, 5) is 12.1. The van der Waals surface area contributed by atoms with Crippen molar-refractivity contribution in [3.05, 3.63) is 11.8 Å². The van der Waals surface area contributed by atoms with Gasteiger partial charge in [0.15, 0.2) is 5.82 Å². The first-order chi connectivity index (χ1) is 8.70. The van der Waals surface area contributed by atoms with E-state index in [2.05, 4.69) is 22.7 Å². The predicted octanol–water partition coefficient (Wildman–Crippen LogP) is 0.936. The highest BCUT2D eigenvalue weighted by Gasteiger charge is 2.33. The Bertz CT molecular complexity index is 405. The molecule has 0 saturated carbocycles. The van der Waals surface area contributed by atoms with E-state index in [0.29, 0.717) is 24.8 Å². The van der Waals surface area contributed by atoms with Gasteiger partial charge in [0.05, 0.1) is 19.1 Å². The smallest absolute Gasteiger partial charge is 0.232 e. The molecule has 6 nitrogen and oxygen atoms in total. The first kappa shape index (κ1) is 13.0. The van der Waals surface area contributed by atoms with Crippen LogP contribution >= 0.6 is 0 Å². The highest BCUT2D eigenvalue weighted by molar-refractivity contribution is 5.92. The van der Waals surface area contributed by atoms with Crippen LogP contribution in [0.1, 0.15) is 19.1 Å². The van der Waals surface area contributed by atoms with Gasteiger partial charge in [0, 0.05) is 12.1 Å². The van der Waals surface area contributed by atoms with Gasteiger partial charge in [-0.25, -0.2) is 0 Å². The molecule has 6 heteroatoms. The molecule has 2 atom stereocenters. The van der Waals surface area contributed by atoms with Crippen LogP contribution in [-0.4, -0.2) is 36.9 Å². The number of aromatic nitrogens is 1. The van der Waals surface area contributed by atoms with Gasteiger partial charge in [-0.05, 0) is 19.9 Å². The lowest BCUT2D eigenvalue weighted by molar-refractivity contribution is -0.120. The fourth-order valence-corrected chi connectivity index (χ4v) is 1.99. The molecule has 2 unspecified atom stereocenters. The van der Waals surface area contributed by atoms with Crippen LogP contribution in [0.4, 0.5) is 5.82 Å². The molecule has 100 valence electrons. The lowest BCUT2D eigenvalue weighted by atomic mass is 10.0. The average Bonchev–Trinajstić information content (AvgIpc) is 2.95. The van der Waals surface area contributed by atoms with E-state index >= 15 is 0 Å². The van der Waals surface area contributed by atoms with Crippen LogP contribution in [0.2, 0.25) is 0 Å². The number of amides is 1. The molecule has 18 heavy (non-hydrogen) atoms. The Labute approximate surface area is 106 Å². The van der Waals surface area contributed by atoms with Crippen LogP contribution in [0.15, 0.2) is 10.6 Å². The van der Waals surface area contributed by atoms with Crippen LogP contribution in [0.3, 0.4) is 0 Å². The molecule has 1 saturated heterocycles. The number of hydrogen-bond acceptors (Lipinski definition) is 5. The molecule has 1 aliphatic heterocycles. The Morgan fingerprint density at radius 2 is 2.39 bits per heavy atom. The molecule has 0 spiro atoms. The van der Waals surface area contributed by atoms with Gasteiger partial charge in [0.1, 0.15) is 5.76 Å². The third kappa shape index (κ3) is 3.08. The summed E-state index contributed by atoms with van der Waals surface area (Å²) < 4.78 is 10.3. The average molecular weight is 253 g/mol. The van der Waals surface area contributed by atoms with Crippen molar-refractivity contribution in [2.24, 2.45) is 5.92 Å². The summed E-state index contributed by atoms with van der Waals surface area (Å²) in [6.07, 6.45) is 1.04. The maximum Gasteiger partial charge on any atom is 0.232 e. The molecular formula is C12H19N3O3. The fraction of sp³-hybridized carbons (Fsp3) is 0.667. The molecule has 1 aromatic rings. The number of nitrogens with one attached hydrogen (secondary N) is 2. The van der Waals surface area contributed by atoms with E-state index in [1.54, 1.807) is 13.0 Å². The van der Waals surface area contributed by atoms with Crippen LogP contribution in [0.5, 0.6) is 0 Å². The van der Waals surface area contributed by atoms with E-state index in [1.807, 2.05) is 0 Å². The molecule has 1 fully saturated rings. The third-order valence-electron chi connectivity index (χ3n) is 2.95. The molecule has 0 aliphatic carbocycles. The number of aryl methyl sites for hydroxylation is 1. The van der Waals surface area contributed by atoms with E-state index in [9.17, 15) is 4.79 Å².